The third-order valence-corrected chi connectivity index (χ3v) is 3.16. The summed E-state index contributed by atoms with van der Waals surface area (Å²) in [7, 11) is 1.79. The maximum Gasteiger partial charge on any atom is 0.325 e. The van der Waals surface area contributed by atoms with Crippen molar-refractivity contribution in [1.29, 1.82) is 0 Å². The van der Waals surface area contributed by atoms with Crippen molar-refractivity contribution in [1.82, 2.24) is 9.88 Å². The standard InChI is InChI=1S/C13H19N3O/c1-15(12-8-4-5-9-14-12)13(17)16-10-6-2-3-7-11-16/h4-5,8-9H,2-3,6-7,10-11H2,1H3. The Bertz CT molecular complexity index is 358. The molecule has 0 atom stereocenters. The van der Waals surface area contributed by atoms with Crippen LogP contribution in [0.1, 0.15) is 25.7 Å². The van der Waals surface area contributed by atoms with E-state index in [1.807, 2.05) is 23.1 Å². The molecule has 1 saturated heterocycles. The summed E-state index contributed by atoms with van der Waals surface area (Å²) in [6, 6.07) is 5.67. The van der Waals surface area contributed by atoms with Crippen molar-refractivity contribution >= 4 is 11.8 Å². The summed E-state index contributed by atoms with van der Waals surface area (Å²) in [5, 5.41) is 0. The highest BCUT2D eigenvalue weighted by atomic mass is 16.2. The number of aromatic nitrogens is 1. The number of nitrogens with zero attached hydrogens (tertiary/aromatic N) is 3. The summed E-state index contributed by atoms with van der Waals surface area (Å²) >= 11 is 0. The van der Waals surface area contributed by atoms with Crippen LogP contribution in [0.5, 0.6) is 0 Å². The van der Waals surface area contributed by atoms with Crippen LogP contribution in [0.25, 0.3) is 0 Å². The Labute approximate surface area is 102 Å². The first-order valence-corrected chi connectivity index (χ1v) is 6.23. The number of carbonyl (C=O) groups excluding carboxylic acids is 1. The van der Waals surface area contributed by atoms with Crippen LogP contribution in [0.3, 0.4) is 0 Å². The van der Waals surface area contributed by atoms with Crippen LogP contribution in [0.15, 0.2) is 24.4 Å². The van der Waals surface area contributed by atoms with Gasteiger partial charge >= 0.3 is 6.03 Å². The van der Waals surface area contributed by atoms with E-state index in [0.717, 1.165) is 25.9 Å². The number of urea groups is 1. The molecule has 0 spiro atoms. The Hall–Kier alpha value is -1.58. The molecule has 2 heterocycles. The molecule has 0 radical (unpaired) electrons. The minimum atomic E-state index is 0.0607. The normalized spacial score (nSPS) is 16.4. The number of hydrogen-bond acceptors (Lipinski definition) is 2. The predicted octanol–water partition coefficient (Wildman–Crippen LogP) is 2.51. The van der Waals surface area contributed by atoms with Crippen molar-refractivity contribution in [2.24, 2.45) is 0 Å². The fraction of sp³-hybridized carbons (Fsp3) is 0.538. The molecule has 2 amide bonds. The highest BCUT2D eigenvalue weighted by Gasteiger charge is 2.20. The van der Waals surface area contributed by atoms with E-state index < -0.39 is 0 Å². The zero-order valence-corrected chi connectivity index (χ0v) is 10.3. The molecule has 92 valence electrons. The first-order valence-electron chi connectivity index (χ1n) is 6.23. The van der Waals surface area contributed by atoms with Crippen LogP contribution in [-0.2, 0) is 0 Å². The largest absolute Gasteiger partial charge is 0.325 e. The van der Waals surface area contributed by atoms with Gasteiger partial charge < -0.3 is 4.90 Å². The van der Waals surface area contributed by atoms with Crippen LogP contribution in [0.4, 0.5) is 10.6 Å². The van der Waals surface area contributed by atoms with Gasteiger partial charge in [-0.05, 0) is 25.0 Å². The maximum atomic E-state index is 12.3. The van der Waals surface area contributed by atoms with E-state index in [1.165, 1.54) is 12.8 Å². The first kappa shape index (κ1) is 11.9. The highest BCUT2D eigenvalue weighted by Crippen LogP contribution is 2.14. The van der Waals surface area contributed by atoms with Gasteiger partial charge in [-0.2, -0.15) is 0 Å². The summed E-state index contributed by atoms with van der Waals surface area (Å²) < 4.78 is 0. The fourth-order valence-corrected chi connectivity index (χ4v) is 2.12. The molecule has 1 aromatic rings. The van der Waals surface area contributed by atoms with Gasteiger partial charge in [0.1, 0.15) is 5.82 Å². The van der Waals surface area contributed by atoms with Crippen LogP contribution in [0, 0.1) is 0 Å². The van der Waals surface area contributed by atoms with E-state index in [-0.39, 0.29) is 6.03 Å². The van der Waals surface area contributed by atoms with Crippen molar-refractivity contribution < 1.29 is 4.79 Å². The molecule has 0 aromatic carbocycles. The summed E-state index contributed by atoms with van der Waals surface area (Å²) in [5.41, 5.74) is 0. The van der Waals surface area contributed by atoms with Gasteiger partial charge in [0.25, 0.3) is 0 Å². The van der Waals surface area contributed by atoms with Gasteiger partial charge in [-0.25, -0.2) is 9.78 Å². The molecular formula is C13H19N3O. The Morgan fingerprint density at radius 1 is 1.24 bits per heavy atom. The fourth-order valence-electron chi connectivity index (χ4n) is 2.12. The van der Waals surface area contributed by atoms with Gasteiger partial charge in [-0.3, -0.25) is 4.90 Å². The second-order valence-corrected chi connectivity index (χ2v) is 4.43. The number of anilines is 1. The van der Waals surface area contributed by atoms with Crippen molar-refractivity contribution in [3.63, 3.8) is 0 Å². The van der Waals surface area contributed by atoms with Crippen molar-refractivity contribution in [3.05, 3.63) is 24.4 Å². The SMILES string of the molecule is CN(C(=O)N1CCCCCC1)c1ccccn1. The Morgan fingerprint density at radius 3 is 2.53 bits per heavy atom. The summed E-state index contributed by atoms with van der Waals surface area (Å²) in [5.74, 6) is 0.710. The lowest BCUT2D eigenvalue weighted by atomic mass is 10.2. The zero-order valence-electron chi connectivity index (χ0n) is 10.3. The number of hydrogen-bond donors (Lipinski definition) is 0. The molecule has 1 aliphatic rings. The van der Waals surface area contributed by atoms with Gasteiger partial charge in [-0.1, -0.05) is 18.9 Å². The van der Waals surface area contributed by atoms with Crippen LogP contribution < -0.4 is 4.90 Å². The lowest BCUT2D eigenvalue weighted by Crippen LogP contribution is -2.42. The second-order valence-electron chi connectivity index (χ2n) is 4.43. The van der Waals surface area contributed by atoms with E-state index in [2.05, 4.69) is 4.98 Å². The Kier molecular flexibility index (Phi) is 3.96. The van der Waals surface area contributed by atoms with Gasteiger partial charge in [0.15, 0.2) is 0 Å². The molecule has 0 N–H and O–H groups in total. The molecular weight excluding hydrogens is 214 g/mol. The summed E-state index contributed by atoms with van der Waals surface area (Å²) in [4.78, 5) is 20.0. The number of rotatable bonds is 1. The van der Waals surface area contributed by atoms with Gasteiger partial charge in [0.05, 0.1) is 0 Å². The molecule has 1 aliphatic heterocycles. The lowest BCUT2D eigenvalue weighted by molar-refractivity contribution is 0.208. The second kappa shape index (κ2) is 5.66. The number of carbonyl (C=O) groups is 1. The van der Waals surface area contributed by atoms with Crippen molar-refractivity contribution in [3.8, 4) is 0 Å². The van der Waals surface area contributed by atoms with E-state index in [9.17, 15) is 4.79 Å². The molecule has 4 heteroatoms. The quantitative estimate of drug-likeness (QED) is 0.747. The Morgan fingerprint density at radius 2 is 1.94 bits per heavy atom. The molecule has 0 unspecified atom stereocenters. The number of pyridine rings is 1. The number of amides is 2. The lowest BCUT2D eigenvalue weighted by Gasteiger charge is -2.26. The van der Waals surface area contributed by atoms with Crippen LogP contribution in [0.2, 0.25) is 0 Å². The monoisotopic (exact) mass is 233 g/mol. The first-order chi connectivity index (χ1) is 8.29. The van der Waals surface area contributed by atoms with Crippen LogP contribution >= 0.6 is 0 Å². The maximum absolute atomic E-state index is 12.3. The molecule has 4 nitrogen and oxygen atoms in total. The third-order valence-electron chi connectivity index (χ3n) is 3.16. The minimum absolute atomic E-state index is 0.0607. The smallest absolute Gasteiger partial charge is 0.324 e. The van der Waals surface area contributed by atoms with E-state index >= 15 is 0 Å². The van der Waals surface area contributed by atoms with E-state index in [4.69, 9.17) is 0 Å². The number of likely N-dealkylation sites (tertiary alicyclic amines) is 1. The van der Waals surface area contributed by atoms with Crippen molar-refractivity contribution in [2.75, 3.05) is 25.0 Å². The Balaban J connectivity index is 2.03. The summed E-state index contributed by atoms with van der Waals surface area (Å²) in [6.07, 6.45) is 6.40. The highest BCUT2D eigenvalue weighted by molar-refractivity contribution is 5.90. The summed E-state index contributed by atoms with van der Waals surface area (Å²) in [6.45, 7) is 1.74. The average Bonchev–Trinajstić information content (AvgIpc) is 2.67. The molecule has 0 bridgehead atoms. The molecule has 17 heavy (non-hydrogen) atoms. The van der Waals surface area contributed by atoms with Gasteiger partial charge in [0, 0.05) is 26.3 Å². The molecule has 1 aromatic heterocycles. The average molecular weight is 233 g/mol. The third kappa shape index (κ3) is 2.96. The predicted molar refractivity (Wildman–Crippen MR) is 68.1 cm³/mol. The minimum Gasteiger partial charge on any atom is -0.324 e. The van der Waals surface area contributed by atoms with Gasteiger partial charge in [0.2, 0.25) is 0 Å². The van der Waals surface area contributed by atoms with Gasteiger partial charge in [-0.15, -0.1) is 0 Å². The molecule has 0 saturated carbocycles. The molecule has 1 fully saturated rings. The topological polar surface area (TPSA) is 36.4 Å². The van der Waals surface area contributed by atoms with Crippen LogP contribution in [-0.4, -0.2) is 36.1 Å². The molecule has 0 aliphatic carbocycles. The zero-order chi connectivity index (χ0) is 12.1. The van der Waals surface area contributed by atoms with E-state index in [1.54, 1.807) is 18.1 Å². The molecule has 2 rings (SSSR count). The van der Waals surface area contributed by atoms with E-state index in [0.29, 0.717) is 5.82 Å². The van der Waals surface area contributed by atoms with Crippen molar-refractivity contribution in [2.45, 2.75) is 25.7 Å².